The number of amides is 1. The fourth-order valence-electron chi connectivity index (χ4n) is 2.90. The Balaban J connectivity index is 1.57. The van der Waals surface area contributed by atoms with Crippen molar-refractivity contribution in [3.63, 3.8) is 0 Å². The van der Waals surface area contributed by atoms with E-state index in [0.29, 0.717) is 17.1 Å². The van der Waals surface area contributed by atoms with Crippen molar-refractivity contribution in [2.45, 2.75) is 32.1 Å². The van der Waals surface area contributed by atoms with Crippen LogP contribution in [0, 0.1) is 13.8 Å². The minimum atomic E-state index is -3.72. The molecule has 0 aromatic heterocycles. The van der Waals surface area contributed by atoms with Crippen LogP contribution in [0.1, 0.15) is 23.6 Å². The maximum absolute atomic E-state index is 12.6. The molecule has 2 N–H and O–H groups in total. The molecule has 6 nitrogen and oxygen atoms in total. The Morgan fingerprint density at radius 1 is 0.871 bits per heavy atom. The van der Waals surface area contributed by atoms with Crippen molar-refractivity contribution in [2.75, 3.05) is 16.6 Å². The third-order valence-electron chi connectivity index (χ3n) is 4.91. The zero-order chi connectivity index (χ0) is 22.4. The summed E-state index contributed by atoms with van der Waals surface area (Å²) in [4.78, 5) is 12.2. The van der Waals surface area contributed by atoms with E-state index in [1.165, 1.54) is 29.8 Å². The van der Waals surface area contributed by atoms with Crippen LogP contribution < -0.4 is 14.8 Å². The molecule has 3 aromatic carbocycles. The number of rotatable bonds is 8. The topological polar surface area (TPSA) is 84.5 Å². The number of hydrogen-bond donors (Lipinski definition) is 2. The highest BCUT2D eigenvalue weighted by Crippen LogP contribution is 2.21. The van der Waals surface area contributed by atoms with Crippen LogP contribution in [0.3, 0.4) is 0 Å². The first-order chi connectivity index (χ1) is 14.8. The molecule has 0 heterocycles. The van der Waals surface area contributed by atoms with Crippen molar-refractivity contribution in [1.82, 2.24) is 0 Å². The molecule has 1 amide bonds. The fourth-order valence-corrected chi connectivity index (χ4v) is 3.95. The third kappa shape index (κ3) is 6.08. The standard InChI is InChI=1S/C24H26N2O4S/c1-4-19-6-9-20(10-7-19)25-24(27)16-30-22-11-13-23(14-12-22)31(28,29)26-21-8-5-17(2)18(3)15-21/h5-15,26H,4,16H2,1-3H3,(H,25,27). The van der Waals surface area contributed by atoms with E-state index in [-0.39, 0.29) is 17.4 Å². The molecule has 0 spiro atoms. The van der Waals surface area contributed by atoms with Crippen LogP contribution in [0.2, 0.25) is 0 Å². The van der Waals surface area contributed by atoms with E-state index < -0.39 is 10.0 Å². The van der Waals surface area contributed by atoms with Gasteiger partial charge in [0, 0.05) is 11.4 Å². The summed E-state index contributed by atoms with van der Waals surface area (Å²) >= 11 is 0. The van der Waals surface area contributed by atoms with E-state index in [1.807, 2.05) is 44.2 Å². The Morgan fingerprint density at radius 3 is 2.13 bits per heavy atom. The Morgan fingerprint density at radius 2 is 1.52 bits per heavy atom. The number of nitrogens with one attached hydrogen (secondary N) is 2. The number of aryl methyl sites for hydroxylation is 3. The Bertz CT molecular complexity index is 1160. The average molecular weight is 439 g/mol. The Kier molecular flexibility index (Phi) is 6.97. The van der Waals surface area contributed by atoms with E-state index in [0.717, 1.165) is 17.5 Å². The van der Waals surface area contributed by atoms with Gasteiger partial charge in [-0.2, -0.15) is 0 Å². The van der Waals surface area contributed by atoms with Gasteiger partial charge >= 0.3 is 0 Å². The largest absolute Gasteiger partial charge is 0.484 e. The quantitative estimate of drug-likeness (QED) is 0.535. The predicted octanol–water partition coefficient (Wildman–Crippen LogP) is 4.68. The smallest absolute Gasteiger partial charge is 0.262 e. The third-order valence-corrected chi connectivity index (χ3v) is 6.31. The first-order valence-electron chi connectivity index (χ1n) is 9.98. The van der Waals surface area contributed by atoms with Gasteiger partial charge in [0.15, 0.2) is 6.61 Å². The number of benzene rings is 3. The first-order valence-corrected chi connectivity index (χ1v) is 11.5. The SMILES string of the molecule is CCc1ccc(NC(=O)COc2ccc(S(=O)(=O)Nc3ccc(C)c(C)c3)cc2)cc1. The van der Waals surface area contributed by atoms with Crippen LogP contribution in [0.4, 0.5) is 11.4 Å². The van der Waals surface area contributed by atoms with Gasteiger partial charge in [-0.15, -0.1) is 0 Å². The summed E-state index contributed by atoms with van der Waals surface area (Å²) in [6.45, 7) is 5.78. The van der Waals surface area contributed by atoms with Crippen molar-refractivity contribution in [3.8, 4) is 5.75 Å². The Labute approximate surface area is 183 Å². The molecule has 0 atom stereocenters. The normalized spacial score (nSPS) is 11.1. The van der Waals surface area contributed by atoms with E-state index in [2.05, 4.69) is 17.0 Å². The molecule has 7 heteroatoms. The van der Waals surface area contributed by atoms with Gasteiger partial charge in [0.05, 0.1) is 4.90 Å². The van der Waals surface area contributed by atoms with Gasteiger partial charge < -0.3 is 10.1 Å². The van der Waals surface area contributed by atoms with Gasteiger partial charge in [-0.3, -0.25) is 9.52 Å². The van der Waals surface area contributed by atoms with Crippen molar-refractivity contribution in [1.29, 1.82) is 0 Å². The highest BCUT2D eigenvalue weighted by atomic mass is 32.2. The lowest BCUT2D eigenvalue weighted by Crippen LogP contribution is -2.20. The minimum Gasteiger partial charge on any atom is -0.484 e. The zero-order valence-electron chi connectivity index (χ0n) is 17.8. The highest BCUT2D eigenvalue weighted by Gasteiger charge is 2.15. The second kappa shape index (κ2) is 9.66. The molecule has 0 fully saturated rings. The average Bonchev–Trinajstić information content (AvgIpc) is 2.75. The molecule has 3 aromatic rings. The molecule has 162 valence electrons. The molecule has 0 aliphatic heterocycles. The molecule has 0 saturated heterocycles. The van der Waals surface area contributed by atoms with Gasteiger partial charge in [-0.05, 0) is 85.5 Å². The van der Waals surface area contributed by atoms with Crippen LogP contribution >= 0.6 is 0 Å². The molecule has 0 saturated carbocycles. The predicted molar refractivity (Wildman–Crippen MR) is 123 cm³/mol. The van der Waals surface area contributed by atoms with Crippen LogP contribution in [-0.2, 0) is 21.2 Å². The van der Waals surface area contributed by atoms with Crippen LogP contribution in [0.15, 0.2) is 71.6 Å². The molecule has 0 aliphatic carbocycles. The van der Waals surface area contributed by atoms with Gasteiger partial charge in [-0.25, -0.2) is 8.42 Å². The van der Waals surface area contributed by atoms with E-state index in [4.69, 9.17) is 4.74 Å². The summed E-state index contributed by atoms with van der Waals surface area (Å²) in [6, 6.07) is 18.9. The van der Waals surface area contributed by atoms with E-state index in [9.17, 15) is 13.2 Å². The molecule has 31 heavy (non-hydrogen) atoms. The molecule has 3 rings (SSSR count). The lowest BCUT2D eigenvalue weighted by atomic mass is 10.1. The summed E-state index contributed by atoms with van der Waals surface area (Å²) in [5.74, 6) is 0.110. The maximum atomic E-state index is 12.6. The second-order valence-corrected chi connectivity index (χ2v) is 8.95. The summed E-state index contributed by atoms with van der Waals surface area (Å²) in [5.41, 5.74) is 4.49. The lowest BCUT2D eigenvalue weighted by molar-refractivity contribution is -0.118. The number of anilines is 2. The first kappa shape index (κ1) is 22.4. The number of sulfonamides is 1. The summed E-state index contributed by atoms with van der Waals surface area (Å²) in [7, 11) is -3.72. The number of hydrogen-bond acceptors (Lipinski definition) is 4. The summed E-state index contributed by atoms with van der Waals surface area (Å²) in [6.07, 6.45) is 0.934. The maximum Gasteiger partial charge on any atom is 0.262 e. The molecular formula is C24H26N2O4S. The van der Waals surface area contributed by atoms with E-state index >= 15 is 0 Å². The van der Waals surface area contributed by atoms with E-state index in [1.54, 1.807) is 12.1 Å². The Hall–Kier alpha value is -3.32. The monoisotopic (exact) mass is 438 g/mol. The number of ether oxygens (including phenoxy) is 1. The minimum absolute atomic E-state index is 0.110. The molecule has 0 bridgehead atoms. The highest BCUT2D eigenvalue weighted by molar-refractivity contribution is 7.92. The lowest BCUT2D eigenvalue weighted by Gasteiger charge is -2.11. The van der Waals surface area contributed by atoms with Crippen LogP contribution in [0.25, 0.3) is 0 Å². The van der Waals surface area contributed by atoms with Crippen molar-refractivity contribution in [2.24, 2.45) is 0 Å². The molecule has 0 unspecified atom stereocenters. The van der Waals surface area contributed by atoms with Crippen molar-refractivity contribution < 1.29 is 17.9 Å². The summed E-state index contributed by atoms with van der Waals surface area (Å²) < 4.78 is 33.3. The fraction of sp³-hybridized carbons (Fsp3) is 0.208. The molecule has 0 aliphatic rings. The van der Waals surface area contributed by atoms with Gasteiger partial charge in [-0.1, -0.05) is 25.1 Å². The van der Waals surface area contributed by atoms with Crippen molar-refractivity contribution >= 4 is 27.3 Å². The second-order valence-electron chi connectivity index (χ2n) is 7.26. The van der Waals surface area contributed by atoms with Gasteiger partial charge in [0.25, 0.3) is 15.9 Å². The summed E-state index contributed by atoms with van der Waals surface area (Å²) in [5, 5.41) is 2.77. The van der Waals surface area contributed by atoms with Crippen LogP contribution in [0.5, 0.6) is 5.75 Å². The number of carbonyl (C=O) groups excluding carboxylic acids is 1. The zero-order valence-corrected chi connectivity index (χ0v) is 18.6. The molecular weight excluding hydrogens is 412 g/mol. The van der Waals surface area contributed by atoms with Crippen LogP contribution in [-0.4, -0.2) is 20.9 Å². The van der Waals surface area contributed by atoms with Crippen molar-refractivity contribution in [3.05, 3.63) is 83.4 Å². The van der Waals surface area contributed by atoms with Gasteiger partial charge in [0.1, 0.15) is 5.75 Å². The van der Waals surface area contributed by atoms with Gasteiger partial charge in [0.2, 0.25) is 0 Å². The number of carbonyl (C=O) groups is 1. The molecule has 0 radical (unpaired) electrons.